The lowest BCUT2D eigenvalue weighted by Gasteiger charge is -2.19. The number of hydrogen-bond acceptors (Lipinski definition) is 11. The van der Waals surface area contributed by atoms with Gasteiger partial charge in [0.25, 0.3) is 0 Å². The molecule has 0 amide bonds. The predicted molar refractivity (Wildman–Crippen MR) is 205 cm³/mol. The van der Waals surface area contributed by atoms with Crippen molar-refractivity contribution in [2.24, 2.45) is 0 Å². The summed E-state index contributed by atoms with van der Waals surface area (Å²) in [4.78, 5) is 14.6. The van der Waals surface area contributed by atoms with Crippen LogP contribution in [-0.4, -0.2) is 57.3 Å². The average molecular weight is 744 g/mol. The quantitative estimate of drug-likeness (QED) is 0.102. The van der Waals surface area contributed by atoms with Crippen molar-refractivity contribution in [3.63, 3.8) is 0 Å². The SMILES string of the molecule is Cc1c(COc2cc(OCc3cncc(C#N)c3)c(CNCc3ccnc(C#N)n3)cc2Cl)cccc1-c1cccc(OCCCN2CC[C@@H](O)C2)c1C. The first-order valence-electron chi connectivity index (χ1n) is 17.9. The van der Waals surface area contributed by atoms with E-state index in [4.69, 9.17) is 31.1 Å². The van der Waals surface area contributed by atoms with Crippen molar-refractivity contribution in [1.82, 2.24) is 25.2 Å². The molecule has 0 spiro atoms. The molecule has 1 fully saturated rings. The third-order valence-corrected chi connectivity index (χ3v) is 9.69. The third-order valence-electron chi connectivity index (χ3n) is 9.40. The van der Waals surface area contributed by atoms with E-state index in [0.717, 1.165) is 77.2 Å². The Morgan fingerprint density at radius 1 is 0.889 bits per heavy atom. The van der Waals surface area contributed by atoms with E-state index in [9.17, 15) is 10.4 Å². The second-order valence-corrected chi connectivity index (χ2v) is 13.6. The van der Waals surface area contributed by atoms with Gasteiger partial charge in [0.05, 0.1) is 29.0 Å². The van der Waals surface area contributed by atoms with Crippen molar-refractivity contribution in [2.75, 3.05) is 26.2 Å². The van der Waals surface area contributed by atoms with E-state index in [1.165, 1.54) is 6.20 Å². The van der Waals surface area contributed by atoms with Gasteiger partial charge in [0, 0.05) is 68.5 Å². The molecule has 2 aromatic heterocycles. The summed E-state index contributed by atoms with van der Waals surface area (Å²) >= 11 is 6.82. The molecule has 1 atom stereocenters. The van der Waals surface area contributed by atoms with Crippen LogP contribution < -0.4 is 19.5 Å². The Kier molecular flexibility index (Phi) is 13.1. The number of β-amino-alcohol motifs (C(OH)–C–C–N with tert-alkyl or cyclic N) is 1. The van der Waals surface area contributed by atoms with E-state index < -0.39 is 0 Å². The van der Waals surface area contributed by atoms with Crippen LogP contribution in [0.1, 0.15) is 57.7 Å². The number of nitrogens with zero attached hydrogens (tertiary/aromatic N) is 6. The number of aliphatic hydroxyl groups excluding tert-OH is 1. The molecule has 1 aliphatic heterocycles. The zero-order valence-corrected chi connectivity index (χ0v) is 31.1. The number of ether oxygens (including phenoxy) is 3. The van der Waals surface area contributed by atoms with Crippen LogP contribution in [0.5, 0.6) is 17.2 Å². The molecule has 11 nitrogen and oxygen atoms in total. The Labute approximate surface area is 320 Å². The Morgan fingerprint density at radius 2 is 1.70 bits per heavy atom. The zero-order chi connectivity index (χ0) is 37.9. The standard InChI is InChI=1S/C42H42ClN7O4/c1-28-32(6-3-7-36(28)37-8-4-9-39(29(37)2)52-15-5-13-50-14-11-35(51)25-50)27-54-41-18-40(53-26-31-16-30(19-44)21-46-22-31)33(17-38(41)43)23-47-24-34-10-12-48-42(20-45)49-34/h3-4,6-10,12,16-18,21-22,35,47,51H,5,11,13-15,23-27H2,1-2H3/t35-/m1/s1. The molecule has 0 saturated carbocycles. The topological polar surface area (TPSA) is 149 Å². The van der Waals surface area contributed by atoms with E-state index in [2.05, 4.69) is 57.2 Å². The first kappa shape index (κ1) is 38.2. The molecule has 54 heavy (non-hydrogen) atoms. The largest absolute Gasteiger partial charge is 0.493 e. The van der Waals surface area contributed by atoms with Crippen LogP contribution in [0.2, 0.25) is 5.02 Å². The average Bonchev–Trinajstić information content (AvgIpc) is 3.61. The first-order chi connectivity index (χ1) is 26.3. The molecule has 276 valence electrons. The van der Waals surface area contributed by atoms with Crippen molar-refractivity contribution in [2.45, 2.75) is 59.1 Å². The highest BCUT2D eigenvalue weighted by molar-refractivity contribution is 6.32. The summed E-state index contributed by atoms with van der Waals surface area (Å²) in [7, 11) is 0. The maximum atomic E-state index is 9.80. The monoisotopic (exact) mass is 743 g/mol. The number of aromatic nitrogens is 3. The molecular formula is C42H42ClN7O4. The van der Waals surface area contributed by atoms with Crippen molar-refractivity contribution >= 4 is 11.6 Å². The molecule has 6 rings (SSSR count). The number of hydrogen-bond donors (Lipinski definition) is 2. The molecule has 12 heteroatoms. The zero-order valence-electron chi connectivity index (χ0n) is 30.4. The fourth-order valence-corrected chi connectivity index (χ4v) is 6.70. The fourth-order valence-electron chi connectivity index (χ4n) is 6.46. The van der Waals surface area contributed by atoms with Gasteiger partial charge in [-0.1, -0.05) is 41.9 Å². The van der Waals surface area contributed by atoms with Crippen LogP contribution in [0.3, 0.4) is 0 Å². The lowest BCUT2D eigenvalue weighted by atomic mass is 9.93. The number of likely N-dealkylation sites (tertiary alicyclic amines) is 1. The van der Waals surface area contributed by atoms with Gasteiger partial charge in [0.2, 0.25) is 5.82 Å². The first-order valence-corrected chi connectivity index (χ1v) is 18.3. The van der Waals surface area contributed by atoms with Gasteiger partial charge in [-0.2, -0.15) is 10.5 Å². The Bertz CT molecular complexity index is 2170. The summed E-state index contributed by atoms with van der Waals surface area (Å²) in [5.74, 6) is 1.99. The van der Waals surface area contributed by atoms with Gasteiger partial charge in [0.1, 0.15) is 42.6 Å². The van der Waals surface area contributed by atoms with Crippen LogP contribution >= 0.6 is 11.6 Å². The summed E-state index contributed by atoms with van der Waals surface area (Å²) < 4.78 is 18.9. The number of benzene rings is 3. The molecule has 1 aliphatic rings. The Balaban J connectivity index is 1.16. The summed E-state index contributed by atoms with van der Waals surface area (Å²) in [5.41, 5.74) is 8.03. The molecule has 0 radical (unpaired) electrons. The second kappa shape index (κ2) is 18.5. The van der Waals surface area contributed by atoms with E-state index >= 15 is 0 Å². The molecule has 2 N–H and O–H groups in total. The van der Waals surface area contributed by atoms with E-state index in [-0.39, 0.29) is 25.1 Å². The minimum atomic E-state index is -0.210. The number of pyridine rings is 1. The molecule has 0 aliphatic carbocycles. The number of nitriles is 2. The van der Waals surface area contributed by atoms with Crippen LogP contribution in [0, 0.1) is 36.5 Å². The van der Waals surface area contributed by atoms with Crippen molar-refractivity contribution in [1.29, 1.82) is 10.5 Å². The highest BCUT2D eigenvalue weighted by atomic mass is 35.5. The number of halogens is 1. The molecule has 3 heterocycles. The normalized spacial score (nSPS) is 14.0. The van der Waals surface area contributed by atoms with Crippen molar-refractivity contribution in [3.05, 3.63) is 129 Å². The van der Waals surface area contributed by atoms with Gasteiger partial charge >= 0.3 is 0 Å². The van der Waals surface area contributed by atoms with Crippen molar-refractivity contribution in [3.8, 4) is 40.5 Å². The summed E-state index contributed by atoms with van der Waals surface area (Å²) in [5, 5.41) is 32.1. The highest BCUT2D eigenvalue weighted by Crippen LogP contribution is 2.36. The molecule has 0 unspecified atom stereocenters. The van der Waals surface area contributed by atoms with Crippen LogP contribution in [0.15, 0.2) is 79.3 Å². The van der Waals surface area contributed by atoms with Gasteiger partial charge in [-0.25, -0.2) is 9.97 Å². The minimum Gasteiger partial charge on any atom is -0.493 e. The Morgan fingerprint density at radius 3 is 2.50 bits per heavy atom. The van der Waals surface area contributed by atoms with Crippen molar-refractivity contribution < 1.29 is 19.3 Å². The van der Waals surface area contributed by atoms with Gasteiger partial charge in [-0.05, 0) is 78.8 Å². The lowest BCUT2D eigenvalue weighted by molar-refractivity contribution is 0.173. The van der Waals surface area contributed by atoms with Crippen LogP contribution in [0.4, 0.5) is 0 Å². The molecule has 3 aromatic carbocycles. The van der Waals surface area contributed by atoms with Crippen LogP contribution in [-0.2, 0) is 26.3 Å². The summed E-state index contributed by atoms with van der Waals surface area (Å²) in [6, 6.07) is 23.5. The van der Waals surface area contributed by atoms with E-state index in [0.29, 0.717) is 47.5 Å². The van der Waals surface area contributed by atoms with Gasteiger partial charge in [0.15, 0.2) is 0 Å². The van der Waals surface area contributed by atoms with Gasteiger partial charge in [-0.3, -0.25) is 4.98 Å². The fraction of sp³-hybridized carbons (Fsp3) is 0.310. The third kappa shape index (κ3) is 9.90. The molecule has 0 bridgehead atoms. The lowest BCUT2D eigenvalue weighted by Crippen LogP contribution is -2.24. The maximum absolute atomic E-state index is 9.80. The van der Waals surface area contributed by atoms with Gasteiger partial charge < -0.3 is 29.5 Å². The maximum Gasteiger partial charge on any atom is 0.232 e. The number of aliphatic hydroxyl groups is 1. The summed E-state index contributed by atoms with van der Waals surface area (Å²) in [6.45, 7) is 8.64. The van der Waals surface area contributed by atoms with Crippen LogP contribution in [0.25, 0.3) is 11.1 Å². The molecular weight excluding hydrogens is 702 g/mol. The number of nitrogens with one attached hydrogen (secondary N) is 1. The van der Waals surface area contributed by atoms with Gasteiger partial charge in [-0.15, -0.1) is 0 Å². The number of rotatable bonds is 16. The van der Waals surface area contributed by atoms with E-state index in [1.807, 2.05) is 36.4 Å². The summed E-state index contributed by atoms with van der Waals surface area (Å²) in [6.07, 6.45) is 6.25. The minimum absolute atomic E-state index is 0.108. The Hall–Kier alpha value is -5.56. The smallest absolute Gasteiger partial charge is 0.232 e. The predicted octanol–water partition coefficient (Wildman–Crippen LogP) is 6.84. The molecule has 5 aromatic rings. The molecule has 1 saturated heterocycles. The van der Waals surface area contributed by atoms with E-state index in [1.54, 1.807) is 30.6 Å². The second-order valence-electron chi connectivity index (χ2n) is 13.2. The highest BCUT2D eigenvalue weighted by Gasteiger charge is 2.20.